The van der Waals surface area contributed by atoms with Crippen molar-refractivity contribution in [2.45, 2.75) is 114 Å². The van der Waals surface area contributed by atoms with E-state index in [1.54, 1.807) is 16.7 Å². The molecule has 0 nitrogen and oxygen atoms in total. The first kappa shape index (κ1) is 17.5. The van der Waals surface area contributed by atoms with E-state index in [-0.39, 0.29) is 0 Å². The number of rotatable bonds is 3. The van der Waals surface area contributed by atoms with E-state index in [1.165, 1.54) is 102 Å². The second kappa shape index (κ2) is 8.19. The van der Waals surface area contributed by atoms with Gasteiger partial charge < -0.3 is 0 Å². The summed E-state index contributed by atoms with van der Waals surface area (Å²) in [6.07, 6.45) is 21.4. The van der Waals surface area contributed by atoms with Gasteiger partial charge in [-0.1, -0.05) is 101 Å². The summed E-state index contributed by atoms with van der Waals surface area (Å²) in [5.41, 5.74) is 6.44. The lowest BCUT2D eigenvalue weighted by Crippen LogP contribution is -2.14. The van der Waals surface area contributed by atoms with Crippen molar-refractivity contribution >= 4 is 0 Å². The van der Waals surface area contributed by atoms with Gasteiger partial charge in [-0.2, -0.15) is 12.5 Å². The van der Waals surface area contributed by atoms with Crippen LogP contribution in [0.1, 0.15) is 136 Å². The van der Waals surface area contributed by atoms with E-state index in [0.29, 0.717) is 0 Å². The molecule has 4 rings (SSSR count). The minimum Gasteiger partial charge on any atom is -0.198 e. The molecule has 1 aromatic carbocycles. The third-order valence-corrected chi connectivity index (χ3v) is 7.51. The average Bonchev–Trinajstić information content (AvgIpc) is 2.70. The van der Waals surface area contributed by atoms with E-state index in [9.17, 15) is 0 Å². The number of hydrogen-bond acceptors (Lipinski definition) is 0. The van der Waals surface area contributed by atoms with Gasteiger partial charge in [-0.15, -0.1) is 23.3 Å². The summed E-state index contributed by atoms with van der Waals surface area (Å²) in [7, 11) is 0. The highest BCUT2D eigenvalue weighted by Gasteiger charge is 2.21. The fourth-order valence-electron chi connectivity index (χ4n) is 5.97. The van der Waals surface area contributed by atoms with Crippen LogP contribution in [0.25, 0.3) is 0 Å². The summed E-state index contributed by atoms with van der Waals surface area (Å²) >= 11 is 0. The molecule has 25 heavy (non-hydrogen) atoms. The molecule has 0 atom stereocenters. The van der Waals surface area contributed by atoms with Crippen molar-refractivity contribution in [2.75, 3.05) is 0 Å². The summed E-state index contributed by atoms with van der Waals surface area (Å²) in [4.78, 5) is 0. The van der Waals surface area contributed by atoms with Crippen molar-refractivity contribution in [1.29, 1.82) is 0 Å². The van der Waals surface area contributed by atoms with Gasteiger partial charge in [0.15, 0.2) is 0 Å². The van der Waals surface area contributed by atoms with E-state index >= 15 is 0 Å². The minimum absolute atomic E-state index is 0.798. The van der Waals surface area contributed by atoms with E-state index < -0.39 is 0 Å². The van der Waals surface area contributed by atoms with Crippen LogP contribution in [0.3, 0.4) is 0 Å². The Hall–Kier alpha value is -0.910. The Morgan fingerprint density at radius 2 is 0.880 bits per heavy atom. The standard InChI is InChI=1S/C25H37/c1-19-24(21-13-7-3-8-14-21)17-23(20-11-5-2-6-12-20)18-25(19)22-15-9-4-10-16-22/h17-18,20-22H,1-16H2/q-1. The first-order valence-corrected chi connectivity index (χ1v) is 11.3. The van der Waals surface area contributed by atoms with Crippen molar-refractivity contribution in [3.63, 3.8) is 0 Å². The predicted molar refractivity (Wildman–Crippen MR) is 108 cm³/mol. The summed E-state index contributed by atoms with van der Waals surface area (Å²) in [5, 5.41) is 0. The van der Waals surface area contributed by atoms with Crippen LogP contribution >= 0.6 is 0 Å². The molecule has 138 valence electrons. The van der Waals surface area contributed by atoms with Crippen LogP contribution in [0.2, 0.25) is 0 Å². The maximum atomic E-state index is 4.66. The number of hydrogen-bond donors (Lipinski definition) is 0. The molecule has 0 saturated heterocycles. The molecule has 0 aromatic heterocycles. The molecule has 0 unspecified atom stereocenters. The molecule has 3 fully saturated rings. The second-order valence-corrected chi connectivity index (χ2v) is 9.18. The Labute approximate surface area is 155 Å². The van der Waals surface area contributed by atoms with Gasteiger partial charge in [0.05, 0.1) is 0 Å². The van der Waals surface area contributed by atoms with Gasteiger partial charge in [0.1, 0.15) is 0 Å². The van der Waals surface area contributed by atoms with Gasteiger partial charge in [0, 0.05) is 0 Å². The lowest BCUT2D eigenvalue weighted by Gasteiger charge is -2.37. The molecule has 0 aliphatic heterocycles. The van der Waals surface area contributed by atoms with Gasteiger partial charge in [0.25, 0.3) is 0 Å². The first-order chi connectivity index (χ1) is 12.3. The van der Waals surface area contributed by atoms with Gasteiger partial charge in [-0.25, -0.2) is 0 Å². The van der Waals surface area contributed by atoms with E-state index in [2.05, 4.69) is 19.1 Å². The third kappa shape index (κ3) is 3.93. The Morgan fingerprint density at radius 3 is 1.28 bits per heavy atom. The smallest absolute Gasteiger partial charge is 0.0182 e. The van der Waals surface area contributed by atoms with Crippen molar-refractivity contribution in [3.8, 4) is 0 Å². The predicted octanol–water partition coefficient (Wildman–Crippen LogP) is 8.01. The second-order valence-electron chi connectivity index (χ2n) is 9.18. The van der Waals surface area contributed by atoms with E-state index in [1.807, 2.05) is 0 Å². The van der Waals surface area contributed by atoms with Crippen LogP contribution in [0.4, 0.5) is 0 Å². The van der Waals surface area contributed by atoms with Gasteiger partial charge in [-0.3, -0.25) is 0 Å². The molecule has 0 N–H and O–H groups in total. The molecule has 0 spiro atoms. The van der Waals surface area contributed by atoms with Crippen LogP contribution in [0.15, 0.2) is 12.1 Å². The van der Waals surface area contributed by atoms with E-state index in [0.717, 1.165) is 17.8 Å². The van der Waals surface area contributed by atoms with Crippen molar-refractivity contribution in [2.24, 2.45) is 0 Å². The quantitative estimate of drug-likeness (QED) is 0.490. The summed E-state index contributed by atoms with van der Waals surface area (Å²) < 4.78 is 0. The van der Waals surface area contributed by atoms with E-state index in [4.69, 9.17) is 0 Å². The fourth-order valence-corrected chi connectivity index (χ4v) is 5.97. The summed E-state index contributed by atoms with van der Waals surface area (Å²) in [5.74, 6) is 2.43. The van der Waals surface area contributed by atoms with Gasteiger partial charge in [-0.05, 0) is 18.8 Å². The normalized spacial score (nSPS) is 24.5. The third-order valence-electron chi connectivity index (χ3n) is 7.51. The van der Waals surface area contributed by atoms with Gasteiger partial charge in [0.2, 0.25) is 0 Å². The Kier molecular flexibility index (Phi) is 5.73. The Morgan fingerprint density at radius 1 is 0.520 bits per heavy atom. The Balaban J connectivity index is 1.70. The van der Waals surface area contributed by atoms with Crippen molar-refractivity contribution in [3.05, 3.63) is 41.3 Å². The molecule has 0 amide bonds. The monoisotopic (exact) mass is 337 g/mol. The maximum absolute atomic E-state index is 4.66. The highest BCUT2D eigenvalue weighted by Crippen LogP contribution is 2.43. The van der Waals surface area contributed by atoms with Crippen LogP contribution in [-0.4, -0.2) is 0 Å². The zero-order chi connectivity index (χ0) is 17.1. The van der Waals surface area contributed by atoms with Gasteiger partial charge >= 0.3 is 0 Å². The lowest BCUT2D eigenvalue weighted by molar-refractivity contribution is 0.426. The zero-order valence-electron chi connectivity index (χ0n) is 16.2. The van der Waals surface area contributed by atoms with Crippen LogP contribution < -0.4 is 0 Å². The highest BCUT2D eigenvalue weighted by atomic mass is 14.3. The SMILES string of the molecule is [CH2-]c1c(C2CCCCC2)cc(C2CCCCC2)cc1C1CCCCC1. The van der Waals surface area contributed by atoms with Crippen LogP contribution in [-0.2, 0) is 0 Å². The van der Waals surface area contributed by atoms with Crippen molar-refractivity contribution < 1.29 is 0 Å². The molecule has 0 bridgehead atoms. The largest absolute Gasteiger partial charge is 0.198 e. The van der Waals surface area contributed by atoms with Crippen LogP contribution in [0, 0.1) is 6.92 Å². The number of benzene rings is 1. The zero-order valence-corrected chi connectivity index (χ0v) is 16.2. The molecular weight excluding hydrogens is 300 g/mol. The highest BCUT2D eigenvalue weighted by molar-refractivity contribution is 5.46. The molecule has 3 aliphatic carbocycles. The molecule has 0 radical (unpaired) electrons. The van der Waals surface area contributed by atoms with Crippen LogP contribution in [0.5, 0.6) is 0 Å². The molecule has 3 saturated carbocycles. The minimum atomic E-state index is 0.798. The lowest BCUT2D eigenvalue weighted by atomic mass is 9.74. The molecule has 3 aliphatic rings. The topological polar surface area (TPSA) is 0 Å². The molecule has 1 aromatic rings. The first-order valence-electron chi connectivity index (χ1n) is 11.3. The molecule has 0 heterocycles. The Bertz CT molecular complexity index is 512. The van der Waals surface area contributed by atoms with Crippen molar-refractivity contribution in [1.82, 2.24) is 0 Å². The fraction of sp³-hybridized carbons (Fsp3) is 0.720. The average molecular weight is 338 g/mol. The summed E-state index contributed by atoms with van der Waals surface area (Å²) in [6.45, 7) is 4.66. The molecular formula is C25H37-. The maximum Gasteiger partial charge on any atom is -0.0182 e. The molecule has 0 heteroatoms. The summed E-state index contributed by atoms with van der Waals surface area (Å²) in [6, 6.07) is 5.25.